The number of rotatable bonds is 7. The van der Waals surface area contributed by atoms with Crippen LogP contribution >= 0.6 is 0 Å². The summed E-state index contributed by atoms with van der Waals surface area (Å²) in [5.74, 6) is 6.57. The van der Waals surface area contributed by atoms with Crippen LogP contribution in [0.15, 0.2) is 24.3 Å². The third-order valence-electron chi connectivity index (χ3n) is 2.96. The van der Waals surface area contributed by atoms with Crippen molar-refractivity contribution in [1.29, 1.82) is 0 Å². The minimum absolute atomic E-state index is 0.0136. The number of amides is 1. The molecule has 0 heterocycles. The smallest absolute Gasteiger partial charge is 0.233 e. The van der Waals surface area contributed by atoms with E-state index in [1.54, 1.807) is 7.05 Å². The molecule has 0 radical (unpaired) electrons. The number of benzene rings is 1. The molecule has 0 spiro atoms. The van der Waals surface area contributed by atoms with E-state index >= 15 is 0 Å². The summed E-state index contributed by atoms with van der Waals surface area (Å²) in [5, 5.41) is 2.62. The first-order chi connectivity index (χ1) is 10.2. The van der Waals surface area contributed by atoms with Crippen LogP contribution in [0, 0.1) is 11.8 Å². The summed E-state index contributed by atoms with van der Waals surface area (Å²) < 4.78 is 5.67. The van der Waals surface area contributed by atoms with Gasteiger partial charge in [-0.15, -0.1) is 0 Å². The average molecular weight is 289 g/mol. The number of nitrogens with zero attached hydrogens (tertiary/aromatic N) is 1. The average Bonchev–Trinajstić information content (AvgIpc) is 2.52. The predicted octanol–water partition coefficient (Wildman–Crippen LogP) is 0.444. The largest absolute Gasteiger partial charge is 0.492 e. The number of carbonyl (C=O) groups excluding carboxylic acids is 1. The number of likely N-dealkylation sites (N-methyl/N-ethyl adjacent to an activating group) is 2. The summed E-state index contributed by atoms with van der Waals surface area (Å²) in [7, 11) is 1.64. The zero-order valence-corrected chi connectivity index (χ0v) is 12.7. The van der Waals surface area contributed by atoms with Gasteiger partial charge in [0.25, 0.3) is 0 Å². The molecule has 3 N–H and O–H groups in total. The van der Waals surface area contributed by atoms with Crippen LogP contribution in [-0.2, 0) is 4.79 Å². The zero-order valence-electron chi connectivity index (χ0n) is 12.7. The minimum atomic E-state index is 0.0136. The number of ether oxygens (including phenoxy) is 1. The van der Waals surface area contributed by atoms with Crippen molar-refractivity contribution in [2.24, 2.45) is 5.73 Å². The van der Waals surface area contributed by atoms with Gasteiger partial charge in [0.15, 0.2) is 0 Å². The Kier molecular flexibility index (Phi) is 7.95. The van der Waals surface area contributed by atoms with Crippen LogP contribution in [0.25, 0.3) is 0 Å². The molecule has 0 bridgehead atoms. The number of hydrogen-bond acceptors (Lipinski definition) is 4. The molecule has 0 unspecified atom stereocenters. The summed E-state index contributed by atoms with van der Waals surface area (Å²) in [6, 6.07) is 7.57. The summed E-state index contributed by atoms with van der Waals surface area (Å²) >= 11 is 0. The van der Waals surface area contributed by atoms with Crippen molar-refractivity contribution in [3.63, 3.8) is 0 Å². The van der Waals surface area contributed by atoms with Gasteiger partial charge in [-0.3, -0.25) is 9.69 Å². The van der Waals surface area contributed by atoms with E-state index in [2.05, 4.69) is 17.2 Å². The molecular formula is C16H23N3O2. The maximum Gasteiger partial charge on any atom is 0.233 e. The summed E-state index contributed by atoms with van der Waals surface area (Å²) in [5.41, 5.74) is 6.25. The van der Waals surface area contributed by atoms with Gasteiger partial charge in [0, 0.05) is 19.2 Å². The summed E-state index contributed by atoms with van der Waals surface area (Å²) in [4.78, 5) is 13.4. The van der Waals surface area contributed by atoms with E-state index in [9.17, 15) is 4.79 Å². The zero-order chi connectivity index (χ0) is 15.5. The van der Waals surface area contributed by atoms with E-state index in [-0.39, 0.29) is 5.91 Å². The Hall–Kier alpha value is -2.03. The lowest BCUT2D eigenvalue weighted by Gasteiger charge is -2.19. The van der Waals surface area contributed by atoms with Crippen molar-refractivity contribution < 1.29 is 9.53 Å². The molecule has 21 heavy (non-hydrogen) atoms. The molecule has 0 saturated carbocycles. The van der Waals surface area contributed by atoms with Gasteiger partial charge in [-0.1, -0.05) is 18.8 Å². The fourth-order valence-electron chi connectivity index (χ4n) is 1.71. The molecule has 1 amide bonds. The highest BCUT2D eigenvalue weighted by Gasteiger charge is 2.07. The third kappa shape index (κ3) is 6.80. The lowest BCUT2D eigenvalue weighted by molar-refractivity contribution is -0.121. The molecule has 0 fully saturated rings. The van der Waals surface area contributed by atoms with Gasteiger partial charge >= 0.3 is 0 Å². The third-order valence-corrected chi connectivity index (χ3v) is 2.96. The molecule has 114 valence electrons. The first-order valence-corrected chi connectivity index (χ1v) is 7.04. The molecule has 0 aliphatic carbocycles. The molecule has 0 aromatic heterocycles. The van der Waals surface area contributed by atoms with Gasteiger partial charge in [-0.2, -0.15) is 0 Å². The number of hydrogen-bond donors (Lipinski definition) is 2. The Labute approximate surface area is 126 Å². The SMILES string of the molecule is CCN(CCOc1ccc(C#CCN)cc1)CC(=O)NC. The molecule has 0 aliphatic rings. The van der Waals surface area contributed by atoms with Crippen molar-refractivity contribution in [3.8, 4) is 17.6 Å². The van der Waals surface area contributed by atoms with Crippen LogP contribution in [0.5, 0.6) is 5.75 Å². The first kappa shape index (κ1) is 17.0. The highest BCUT2D eigenvalue weighted by molar-refractivity contribution is 5.77. The van der Waals surface area contributed by atoms with Crippen LogP contribution in [0.2, 0.25) is 0 Å². The van der Waals surface area contributed by atoms with Gasteiger partial charge in [-0.25, -0.2) is 0 Å². The maximum atomic E-state index is 11.3. The Morgan fingerprint density at radius 3 is 2.67 bits per heavy atom. The van der Waals surface area contributed by atoms with E-state index < -0.39 is 0 Å². The quantitative estimate of drug-likeness (QED) is 0.715. The fraction of sp³-hybridized carbons (Fsp3) is 0.438. The predicted molar refractivity (Wildman–Crippen MR) is 84.1 cm³/mol. The van der Waals surface area contributed by atoms with Crippen LogP contribution in [0.4, 0.5) is 0 Å². The van der Waals surface area contributed by atoms with Gasteiger partial charge in [0.2, 0.25) is 5.91 Å². The van der Waals surface area contributed by atoms with Crippen molar-refractivity contribution in [3.05, 3.63) is 29.8 Å². The van der Waals surface area contributed by atoms with Crippen LogP contribution in [0.3, 0.4) is 0 Å². The van der Waals surface area contributed by atoms with E-state index in [0.717, 1.165) is 17.9 Å². The van der Waals surface area contributed by atoms with Gasteiger partial charge in [0.1, 0.15) is 12.4 Å². The highest BCUT2D eigenvalue weighted by atomic mass is 16.5. The molecular weight excluding hydrogens is 266 g/mol. The van der Waals surface area contributed by atoms with E-state index in [1.807, 2.05) is 36.1 Å². The Morgan fingerprint density at radius 1 is 1.38 bits per heavy atom. The molecule has 0 atom stereocenters. The first-order valence-electron chi connectivity index (χ1n) is 7.04. The standard InChI is InChI=1S/C16H23N3O2/c1-3-19(13-16(20)18-2)11-12-21-15-8-6-14(7-9-15)5-4-10-17/h6-9H,3,10-13,17H2,1-2H3,(H,18,20). The van der Waals surface area contributed by atoms with Crippen molar-refractivity contribution in [1.82, 2.24) is 10.2 Å². The second-order valence-corrected chi connectivity index (χ2v) is 4.42. The monoisotopic (exact) mass is 289 g/mol. The summed E-state index contributed by atoms with van der Waals surface area (Å²) in [6.45, 7) is 4.83. The number of carbonyl (C=O) groups is 1. The van der Waals surface area contributed by atoms with E-state index in [4.69, 9.17) is 10.5 Å². The van der Waals surface area contributed by atoms with Crippen molar-refractivity contribution >= 4 is 5.91 Å². The molecule has 1 rings (SSSR count). The van der Waals surface area contributed by atoms with Crippen LogP contribution < -0.4 is 15.8 Å². The van der Waals surface area contributed by atoms with Gasteiger partial charge < -0.3 is 15.8 Å². The molecule has 0 aliphatic heterocycles. The van der Waals surface area contributed by atoms with Crippen molar-refractivity contribution in [2.45, 2.75) is 6.92 Å². The Balaban J connectivity index is 2.39. The molecule has 1 aromatic carbocycles. The van der Waals surface area contributed by atoms with Crippen LogP contribution in [0.1, 0.15) is 12.5 Å². The second kappa shape index (κ2) is 9.81. The summed E-state index contributed by atoms with van der Waals surface area (Å²) in [6.07, 6.45) is 0. The number of nitrogens with one attached hydrogen (secondary N) is 1. The van der Waals surface area contributed by atoms with E-state index in [0.29, 0.717) is 26.2 Å². The van der Waals surface area contributed by atoms with Crippen molar-refractivity contribution in [2.75, 3.05) is 39.8 Å². The molecule has 5 nitrogen and oxygen atoms in total. The molecule has 0 saturated heterocycles. The number of nitrogens with two attached hydrogens (primary N) is 1. The Morgan fingerprint density at radius 2 is 2.10 bits per heavy atom. The lowest BCUT2D eigenvalue weighted by atomic mass is 10.2. The highest BCUT2D eigenvalue weighted by Crippen LogP contribution is 2.11. The maximum absolute atomic E-state index is 11.3. The van der Waals surface area contributed by atoms with Gasteiger partial charge in [-0.05, 0) is 30.8 Å². The topological polar surface area (TPSA) is 67.6 Å². The lowest BCUT2D eigenvalue weighted by Crippen LogP contribution is -2.37. The van der Waals surface area contributed by atoms with E-state index in [1.165, 1.54) is 0 Å². The second-order valence-electron chi connectivity index (χ2n) is 4.42. The fourth-order valence-corrected chi connectivity index (χ4v) is 1.71. The van der Waals surface area contributed by atoms with Crippen LogP contribution in [-0.4, -0.2) is 50.6 Å². The molecule has 1 aromatic rings. The molecule has 5 heteroatoms. The van der Waals surface area contributed by atoms with Gasteiger partial charge in [0.05, 0.1) is 13.1 Å². The normalized spacial score (nSPS) is 9.90. The Bertz CT molecular complexity index is 488. The minimum Gasteiger partial charge on any atom is -0.492 e.